The molecule has 0 amide bonds. The maximum absolute atomic E-state index is 11.4. The van der Waals surface area contributed by atoms with Crippen molar-refractivity contribution in [2.45, 2.75) is 108 Å². The quantitative estimate of drug-likeness (QED) is 0.287. The Labute approximate surface area is 147 Å². The Kier molecular flexibility index (Phi) is 15.9. The average Bonchev–Trinajstić information content (AvgIpc) is 2.51. The van der Waals surface area contributed by atoms with Crippen LogP contribution in [0.1, 0.15) is 97.3 Å². The maximum atomic E-state index is 11.4. The summed E-state index contributed by atoms with van der Waals surface area (Å²) in [5.41, 5.74) is 0. The molecule has 0 saturated heterocycles. The average molecular weight is 369 g/mol. The zero-order valence-corrected chi connectivity index (χ0v) is 16.5. The zero-order chi connectivity index (χ0) is 17.5. The molecule has 2 N–H and O–H groups in total. The van der Waals surface area contributed by atoms with Gasteiger partial charge in [0.2, 0.25) is 0 Å². The fourth-order valence-corrected chi connectivity index (χ4v) is 4.34. The standard InChI is InChI=1S/C17H36O4S2/c1-3-5-7-9-12-16(22(18)19)14-11-15-17(23(20)21)13-10-8-6-4-2/h16-17H,3-15H2,1-2H3,(H,18,19)(H,20,21). The Balaban J connectivity index is 4.05. The third-order valence-corrected chi connectivity index (χ3v) is 6.47. The third kappa shape index (κ3) is 13.2. The molecule has 0 aromatic carbocycles. The largest absolute Gasteiger partial charge is 0.306 e. The van der Waals surface area contributed by atoms with Gasteiger partial charge >= 0.3 is 0 Å². The fraction of sp³-hybridized carbons (Fsp3) is 1.00. The highest BCUT2D eigenvalue weighted by Gasteiger charge is 2.18. The molecule has 0 fully saturated rings. The lowest BCUT2D eigenvalue weighted by Crippen LogP contribution is -2.18. The van der Waals surface area contributed by atoms with Gasteiger partial charge in [-0.25, -0.2) is 8.42 Å². The summed E-state index contributed by atoms with van der Waals surface area (Å²) in [5, 5.41) is -0.362. The van der Waals surface area contributed by atoms with Gasteiger partial charge in [-0.1, -0.05) is 71.6 Å². The van der Waals surface area contributed by atoms with E-state index in [0.29, 0.717) is 12.8 Å². The van der Waals surface area contributed by atoms with Crippen LogP contribution in [-0.4, -0.2) is 28.0 Å². The molecule has 4 atom stereocenters. The van der Waals surface area contributed by atoms with Gasteiger partial charge in [0.1, 0.15) is 0 Å². The van der Waals surface area contributed by atoms with Crippen LogP contribution in [0.25, 0.3) is 0 Å². The van der Waals surface area contributed by atoms with E-state index in [4.69, 9.17) is 0 Å². The monoisotopic (exact) mass is 368 g/mol. The van der Waals surface area contributed by atoms with Crippen LogP contribution in [0.4, 0.5) is 0 Å². The molecular weight excluding hydrogens is 332 g/mol. The Morgan fingerprint density at radius 1 is 0.609 bits per heavy atom. The van der Waals surface area contributed by atoms with E-state index in [1.54, 1.807) is 0 Å². The second-order valence-corrected chi connectivity index (χ2v) is 8.86. The number of rotatable bonds is 16. The first-order chi connectivity index (χ1) is 11.0. The summed E-state index contributed by atoms with van der Waals surface area (Å²) in [5.74, 6) is 0. The molecule has 0 aromatic heterocycles. The van der Waals surface area contributed by atoms with Crippen molar-refractivity contribution in [3.63, 3.8) is 0 Å². The highest BCUT2D eigenvalue weighted by molar-refractivity contribution is 7.80. The molecule has 0 aromatic rings. The SMILES string of the molecule is CCCCCCC(CCCC(CCCCCC)S(=O)O)S(=O)O. The number of hydrogen-bond donors (Lipinski definition) is 2. The Morgan fingerprint density at radius 2 is 0.957 bits per heavy atom. The molecule has 0 aliphatic carbocycles. The zero-order valence-electron chi connectivity index (χ0n) is 14.9. The predicted molar refractivity (Wildman–Crippen MR) is 100 cm³/mol. The van der Waals surface area contributed by atoms with E-state index in [0.717, 1.165) is 57.8 Å². The first-order valence-electron chi connectivity index (χ1n) is 9.22. The van der Waals surface area contributed by atoms with Crippen molar-refractivity contribution in [3.8, 4) is 0 Å². The van der Waals surface area contributed by atoms with Crippen molar-refractivity contribution in [2.75, 3.05) is 0 Å². The molecule has 0 bridgehead atoms. The van der Waals surface area contributed by atoms with Crippen LogP contribution in [0.15, 0.2) is 0 Å². The lowest BCUT2D eigenvalue weighted by molar-refractivity contribution is 0.486. The van der Waals surface area contributed by atoms with Crippen molar-refractivity contribution in [1.29, 1.82) is 0 Å². The van der Waals surface area contributed by atoms with Crippen molar-refractivity contribution in [1.82, 2.24) is 0 Å². The van der Waals surface area contributed by atoms with Gasteiger partial charge in [-0.05, 0) is 25.7 Å². The summed E-state index contributed by atoms with van der Waals surface area (Å²) in [6.45, 7) is 4.30. The van der Waals surface area contributed by atoms with E-state index in [1.165, 1.54) is 12.8 Å². The van der Waals surface area contributed by atoms with Crippen LogP contribution in [0, 0.1) is 0 Å². The summed E-state index contributed by atoms with van der Waals surface area (Å²) < 4.78 is 41.6. The third-order valence-electron chi connectivity index (χ3n) is 4.38. The van der Waals surface area contributed by atoms with E-state index < -0.39 is 22.2 Å². The molecule has 0 heterocycles. The van der Waals surface area contributed by atoms with Crippen LogP contribution < -0.4 is 0 Å². The molecule has 0 saturated carbocycles. The normalized spacial score (nSPS) is 16.9. The van der Waals surface area contributed by atoms with E-state index >= 15 is 0 Å². The molecule has 0 radical (unpaired) electrons. The molecule has 140 valence electrons. The summed E-state index contributed by atoms with van der Waals surface area (Å²) in [7, 11) is 0. The minimum absolute atomic E-state index is 0.181. The van der Waals surface area contributed by atoms with Gasteiger partial charge in [0, 0.05) is 0 Å². The number of hydrogen-bond acceptors (Lipinski definition) is 2. The van der Waals surface area contributed by atoms with Gasteiger partial charge in [0.05, 0.1) is 10.5 Å². The first kappa shape index (κ1) is 23.2. The smallest absolute Gasteiger partial charge is 0.155 e. The Hall–Kier alpha value is 0.220. The molecule has 0 aliphatic rings. The van der Waals surface area contributed by atoms with Crippen LogP contribution in [0.5, 0.6) is 0 Å². The fourth-order valence-electron chi connectivity index (χ4n) is 2.86. The van der Waals surface area contributed by atoms with Crippen molar-refractivity contribution in [2.24, 2.45) is 0 Å². The minimum atomic E-state index is -1.78. The summed E-state index contributed by atoms with van der Waals surface area (Å²) in [6, 6.07) is 0. The molecule has 4 nitrogen and oxygen atoms in total. The van der Waals surface area contributed by atoms with Crippen LogP contribution >= 0.6 is 0 Å². The van der Waals surface area contributed by atoms with Crippen molar-refractivity contribution >= 4 is 22.2 Å². The van der Waals surface area contributed by atoms with E-state index in [2.05, 4.69) is 13.8 Å². The van der Waals surface area contributed by atoms with Crippen molar-refractivity contribution < 1.29 is 17.5 Å². The van der Waals surface area contributed by atoms with Gasteiger partial charge in [-0.3, -0.25) is 0 Å². The van der Waals surface area contributed by atoms with Gasteiger partial charge in [0.15, 0.2) is 22.2 Å². The van der Waals surface area contributed by atoms with Crippen LogP contribution in [0.3, 0.4) is 0 Å². The highest BCUT2D eigenvalue weighted by Crippen LogP contribution is 2.19. The van der Waals surface area contributed by atoms with Gasteiger partial charge in [0.25, 0.3) is 0 Å². The lowest BCUT2D eigenvalue weighted by atomic mass is 10.0. The van der Waals surface area contributed by atoms with Gasteiger partial charge in [-0.2, -0.15) is 0 Å². The molecule has 0 aliphatic heterocycles. The molecule has 6 heteroatoms. The minimum Gasteiger partial charge on any atom is -0.306 e. The topological polar surface area (TPSA) is 74.6 Å². The summed E-state index contributed by atoms with van der Waals surface area (Å²) >= 11 is -3.56. The molecular formula is C17H36O4S2. The van der Waals surface area contributed by atoms with E-state index in [9.17, 15) is 17.5 Å². The Bertz CT molecular complexity index is 294. The van der Waals surface area contributed by atoms with Gasteiger partial charge < -0.3 is 9.11 Å². The molecule has 0 spiro atoms. The maximum Gasteiger partial charge on any atom is 0.155 e. The first-order valence-corrected chi connectivity index (χ1v) is 11.6. The summed E-state index contributed by atoms with van der Waals surface area (Å²) in [6.07, 6.45) is 12.6. The Morgan fingerprint density at radius 3 is 1.26 bits per heavy atom. The van der Waals surface area contributed by atoms with Crippen LogP contribution in [0.2, 0.25) is 0 Å². The molecule has 23 heavy (non-hydrogen) atoms. The number of unbranched alkanes of at least 4 members (excludes halogenated alkanes) is 6. The van der Waals surface area contributed by atoms with E-state index in [1.807, 2.05) is 0 Å². The highest BCUT2D eigenvalue weighted by atomic mass is 32.2. The van der Waals surface area contributed by atoms with Gasteiger partial charge in [-0.15, -0.1) is 0 Å². The summed E-state index contributed by atoms with van der Waals surface area (Å²) in [4.78, 5) is 0. The van der Waals surface area contributed by atoms with Crippen molar-refractivity contribution in [3.05, 3.63) is 0 Å². The lowest BCUT2D eigenvalue weighted by Gasteiger charge is -2.16. The van der Waals surface area contributed by atoms with Crippen LogP contribution in [-0.2, 0) is 22.2 Å². The predicted octanol–water partition coefficient (Wildman–Crippen LogP) is 5.28. The van der Waals surface area contributed by atoms with E-state index in [-0.39, 0.29) is 10.5 Å². The second kappa shape index (κ2) is 15.7. The molecule has 4 unspecified atom stereocenters. The second-order valence-electron chi connectivity index (χ2n) is 6.43. The molecule has 0 rings (SSSR count).